The monoisotopic (exact) mass is 559 g/mol. The molecule has 0 radical (unpaired) electrons. The van der Waals surface area contributed by atoms with Crippen LogP contribution in [-0.2, 0) is 18.5 Å². The molecule has 0 bridgehead atoms. The van der Waals surface area contributed by atoms with Crippen molar-refractivity contribution in [1.82, 2.24) is 9.55 Å². The van der Waals surface area contributed by atoms with Gasteiger partial charge < -0.3 is 10.1 Å². The minimum Gasteiger partial charge on any atom is -0.457 e. The third-order valence-electron chi connectivity index (χ3n) is 5.18. The maximum atomic E-state index is 13.6. The molecular weight excluding hydrogens is 545 g/mol. The molecule has 14 heteroatoms. The Morgan fingerprint density at radius 1 is 0.692 bits per heavy atom. The molecule has 204 valence electrons. The van der Waals surface area contributed by atoms with Gasteiger partial charge in [0.05, 0.1) is 22.5 Å². The van der Waals surface area contributed by atoms with Crippen LogP contribution in [0.3, 0.4) is 0 Å². The lowest BCUT2D eigenvalue weighted by Crippen LogP contribution is -2.26. The van der Waals surface area contributed by atoms with Crippen LogP contribution in [0.5, 0.6) is 11.5 Å². The number of nitrogens with zero attached hydrogens (tertiary/aromatic N) is 2. The zero-order valence-corrected chi connectivity index (χ0v) is 19.1. The van der Waals surface area contributed by atoms with Gasteiger partial charge in [0.1, 0.15) is 11.5 Å². The molecule has 1 N–H and O–H groups in total. The van der Waals surface area contributed by atoms with Gasteiger partial charge in [0.25, 0.3) is 5.56 Å². The van der Waals surface area contributed by atoms with Gasteiger partial charge in [0.2, 0.25) is 5.95 Å². The van der Waals surface area contributed by atoms with E-state index >= 15 is 0 Å². The molecule has 4 rings (SSSR count). The predicted octanol–water partition coefficient (Wildman–Crippen LogP) is 7.82. The Bertz CT molecular complexity index is 1530. The van der Waals surface area contributed by atoms with Gasteiger partial charge in [-0.2, -0.15) is 39.5 Å². The minimum atomic E-state index is -5.34. The summed E-state index contributed by atoms with van der Waals surface area (Å²) < 4.78 is 126. The van der Waals surface area contributed by atoms with Gasteiger partial charge in [-0.3, -0.25) is 4.79 Å². The molecule has 0 aliphatic heterocycles. The molecule has 0 saturated carbocycles. The molecule has 0 unspecified atom stereocenters. The van der Waals surface area contributed by atoms with E-state index in [1.165, 1.54) is 24.3 Å². The van der Waals surface area contributed by atoms with Crippen molar-refractivity contribution < 1.29 is 44.3 Å². The molecule has 5 nitrogen and oxygen atoms in total. The highest BCUT2D eigenvalue weighted by molar-refractivity contribution is 5.62. The van der Waals surface area contributed by atoms with Crippen LogP contribution in [0, 0.1) is 0 Å². The van der Waals surface area contributed by atoms with Crippen molar-refractivity contribution in [3.63, 3.8) is 0 Å². The van der Waals surface area contributed by atoms with E-state index in [1.54, 1.807) is 30.3 Å². The molecule has 1 heterocycles. The molecule has 0 atom stereocenters. The summed E-state index contributed by atoms with van der Waals surface area (Å²) in [6.45, 7) is 0. The van der Waals surface area contributed by atoms with Gasteiger partial charge in [0.15, 0.2) is 5.69 Å². The van der Waals surface area contributed by atoms with Crippen LogP contribution in [-0.4, -0.2) is 9.55 Å². The minimum absolute atomic E-state index is 0.121. The lowest BCUT2D eigenvalue weighted by Gasteiger charge is -2.20. The van der Waals surface area contributed by atoms with E-state index in [1.807, 2.05) is 5.32 Å². The molecule has 39 heavy (non-hydrogen) atoms. The summed E-state index contributed by atoms with van der Waals surface area (Å²) in [5.41, 5.74) is -7.69. The maximum Gasteiger partial charge on any atom is 0.433 e. The third kappa shape index (κ3) is 6.33. The number of anilines is 2. The van der Waals surface area contributed by atoms with Crippen molar-refractivity contribution in [2.45, 2.75) is 18.5 Å². The number of benzene rings is 3. The molecule has 0 amide bonds. The molecule has 4 aromatic rings. The fourth-order valence-corrected chi connectivity index (χ4v) is 3.43. The Hall–Kier alpha value is -4.49. The van der Waals surface area contributed by atoms with E-state index in [0.29, 0.717) is 22.4 Å². The molecule has 0 aliphatic carbocycles. The van der Waals surface area contributed by atoms with E-state index < -0.39 is 52.5 Å². The van der Waals surface area contributed by atoms with Gasteiger partial charge in [-0.1, -0.05) is 18.2 Å². The summed E-state index contributed by atoms with van der Waals surface area (Å²) in [4.78, 5) is 16.0. The van der Waals surface area contributed by atoms with Crippen LogP contribution < -0.4 is 15.6 Å². The van der Waals surface area contributed by atoms with Crippen molar-refractivity contribution in [2.24, 2.45) is 0 Å². The van der Waals surface area contributed by atoms with Gasteiger partial charge in [-0.05, 0) is 54.6 Å². The van der Waals surface area contributed by atoms with Crippen LogP contribution in [0.15, 0.2) is 83.7 Å². The fourth-order valence-electron chi connectivity index (χ4n) is 3.43. The quantitative estimate of drug-likeness (QED) is 0.253. The highest BCUT2D eigenvalue weighted by atomic mass is 19.4. The maximum absolute atomic E-state index is 13.6. The van der Waals surface area contributed by atoms with Crippen LogP contribution in [0.25, 0.3) is 5.69 Å². The van der Waals surface area contributed by atoms with E-state index in [4.69, 9.17) is 4.74 Å². The van der Waals surface area contributed by atoms with Gasteiger partial charge in [0, 0.05) is 6.07 Å². The summed E-state index contributed by atoms with van der Waals surface area (Å²) in [5, 5.41) is 1.97. The number of aromatic nitrogens is 2. The average molecular weight is 559 g/mol. The lowest BCUT2D eigenvalue weighted by atomic mass is 10.1. The van der Waals surface area contributed by atoms with Crippen LogP contribution in [0.1, 0.15) is 16.8 Å². The van der Waals surface area contributed by atoms with Crippen LogP contribution in [0.4, 0.5) is 51.1 Å². The molecule has 0 spiro atoms. The Morgan fingerprint density at radius 3 is 1.87 bits per heavy atom. The van der Waals surface area contributed by atoms with Crippen molar-refractivity contribution >= 4 is 11.6 Å². The SMILES string of the molecule is O=c1cc(C(F)(F)F)nc(Nc2ccc(C(F)(F)F)cc2C(F)(F)F)n1-c1ccc(Oc2ccccc2)cc1. The number of hydrogen-bond donors (Lipinski definition) is 1. The van der Waals surface area contributed by atoms with E-state index in [-0.39, 0.29) is 23.6 Å². The lowest BCUT2D eigenvalue weighted by molar-refractivity contribution is -0.143. The number of ether oxygens (including phenoxy) is 1. The number of hydrogen-bond acceptors (Lipinski definition) is 4. The van der Waals surface area contributed by atoms with Crippen LogP contribution >= 0.6 is 0 Å². The molecule has 1 aromatic heterocycles. The third-order valence-corrected chi connectivity index (χ3v) is 5.18. The Balaban J connectivity index is 1.82. The van der Waals surface area contributed by atoms with Crippen molar-refractivity contribution in [1.29, 1.82) is 0 Å². The molecule has 0 fully saturated rings. The van der Waals surface area contributed by atoms with Crippen LogP contribution in [0.2, 0.25) is 0 Å². The van der Waals surface area contributed by atoms with Crippen molar-refractivity contribution in [2.75, 3.05) is 5.32 Å². The average Bonchev–Trinajstić information content (AvgIpc) is 2.83. The number of alkyl halides is 9. The summed E-state index contributed by atoms with van der Waals surface area (Å²) in [6.07, 6.45) is -15.6. The predicted molar refractivity (Wildman–Crippen MR) is 121 cm³/mol. The highest BCUT2D eigenvalue weighted by Gasteiger charge is 2.39. The van der Waals surface area contributed by atoms with Gasteiger partial charge >= 0.3 is 18.5 Å². The normalized spacial score (nSPS) is 12.3. The first-order chi connectivity index (χ1) is 18.1. The summed E-state index contributed by atoms with van der Waals surface area (Å²) in [7, 11) is 0. The van der Waals surface area contributed by atoms with E-state index in [9.17, 15) is 44.3 Å². The molecular formula is C25H14F9N3O2. The second-order valence-corrected chi connectivity index (χ2v) is 7.93. The summed E-state index contributed by atoms with van der Waals surface area (Å²) in [5.74, 6) is -0.311. The smallest absolute Gasteiger partial charge is 0.433 e. The molecule has 0 saturated heterocycles. The number of rotatable bonds is 5. The largest absolute Gasteiger partial charge is 0.457 e. The molecule has 3 aromatic carbocycles. The fraction of sp³-hybridized carbons (Fsp3) is 0.120. The van der Waals surface area contributed by atoms with Crippen molar-refractivity contribution in [3.05, 3.63) is 106 Å². The number of halogens is 9. The summed E-state index contributed by atoms with van der Waals surface area (Å²) in [6, 6.07) is 14.2. The number of nitrogens with one attached hydrogen (secondary N) is 1. The topological polar surface area (TPSA) is 56.2 Å². The second kappa shape index (κ2) is 10.0. The highest BCUT2D eigenvalue weighted by Crippen LogP contribution is 2.40. The standard InChI is InChI=1S/C25H14F9N3O2/c26-23(27,28)14-6-11-19(18(12-14)24(29,30)31)35-22-36-20(25(32,33)34)13-21(38)37(22)15-7-9-17(10-8-15)39-16-4-2-1-3-5-16/h1-13H,(H,35,36). The second-order valence-electron chi connectivity index (χ2n) is 7.93. The van der Waals surface area contributed by atoms with E-state index in [0.717, 1.165) is 0 Å². The zero-order chi connectivity index (χ0) is 28.6. The van der Waals surface area contributed by atoms with Gasteiger partial charge in [-0.15, -0.1) is 0 Å². The number of para-hydroxylation sites is 1. The first-order valence-electron chi connectivity index (χ1n) is 10.7. The zero-order valence-electron chi connectivity index (χ0n) is 19.1. The van der Waals surface area contributed by atoms with Gasteiger partial charge in [-0.25, -0.2) is 9.55 Å². The van der Waals surface area contributed by atoms with Crippen molar-refractivity contribution in [3.8, 4) is 17.2 Å². The Kier molecular flexibility index (Phi) is 7.06. The Labute approximate surface area is 213 Å². The first-order valence-corrected chi connectivity index (χ1v) is 10.7. The summed E-state index contributed by atoms with van der Waals surface area (Å²) >= 11 is 0. The first kappa shape index (κ1) is 27.5. The van der Waals surface area contributed by atoms with E-state index in [2.05, 4.69) is 4.98 Å². The Morgan fingerprint density at radius 2 is 1.31 bits per heavy atom. The molecule has 0 aliphatic rings.